The standard InChI is InChI=1S/C10H16N4/c11-6-8-2-1-5-14-9(7-3-4-7)12-13-10(8)14/h7-8H,1-6,11H2. The molecule has 1 atom stereocenters. The van der Waals surface area contributed by atoms with E-state index in [0.717, 1.165) is 12.4 Å². The van der Waals surface area contributed by atoms with Gasteiger partial charge in [-0.2, -0.15) is 0 Å². The van der Waals surface area contributed by atoms with E-state index in [1.165, 1.54) is 31.5 Å². The second-order valence-electron chi connectivity index (χ2n) is 4.42. The first-order valence-corrected chi connectivity index (χ1v) is 5.53. The molecule has 2 heterocycles. The summed E-state index contributed by atoms with van der Waals surface area (Å²) in [4.78, 5) is 0. The molecule has 0 saturated heterocycles. The summed E-state index contributed by atoms with van der Waals surface area (Å²) in [5.41, 5.74) is 5.74. The Morgan fingerprint density at radius 3 is 2.71 bits per heavy atom. The summed E-state index contributed by atoms with van der Waals surface area (Å²) in [6, 6.07) is 0. The molecule has 2 N–H and O–H groups in total. The zero-order valence-corrected chi connectivity index (χ0v) is 8.32. The van der Waals surface area contributed by atoms with Gasteiger partial charge in [0.2, 0.25) is 0 Å². The number of rotatable bonds is 2. The number of aromatic nitrogens is 3. The maximum absolute atomic E-state index is 5.74. The van der Waals surface area contributed by atoms with E-state index in [1.807, 2.05) is 0 Å². The highest BCUT2D eigenvalue weighted by Crippen LogP contribution is 2.40. The molecule has 1 saturated carbocycles. The number of hydrogen-bond donors (Lipinski definition) is 1. The van der Waals surface area contributed by atoms with Gasteiger partial charge in [-0.25, -0.2) is 0 Å². The lowest BCUT2D eigenvalue weighted by Gasteiger charge is -2.22. The molecule has 76 valence electrons. The van der Waals surface area contributed by atoms with Gasteiger partial charge in [0.1, 0.15) is 11.6 Å². The lowest BCUT2D eigenvalue weighted by atomic mass is 9.99. The first-order valence-electron chi connectivity index (χ1n) is 5.53. The molecule has 0 spiro atoms. The molecular weight excluding hydrogens is 176 g/mol. The van der Waals surface area contributed by atoms with Gasteiger partial charge in [0.05, 0.1) is 0 Å². The third-order valence-electron chi connectivity index (χ3n) is 3.33. The van der Waals surface area contributed by atoms with Crippen LogP contribution in [0.5, 0.6) is 0 Å². The van der Waals surface area contributed by atoms with Gasteiger partial charge in [0.15, 0.2) is 0 Å². The number of hydrogen-bond acceptors (Lipinski definition) is 3. The van der Waals surface area contributed by atoms with E-state index in [2.05, 4.69) is 14.8 Å². The van der Waals surface area contributed by atoms with E-state index in [9.17, 15) is 0 Å². The van der Waals surface area contributed by atoms with Gasteiger partial charge in [-0.3, -0.25) is 0 Å². The molecule has 2 aliphatic rings. The third kappa shape index (κ3) is 1.17. The summed E-state index contributed by atoms with van der Waals surface area (Å²) >= 11 is 0. The van der Waals surface area contributed by atoms with Crippen LogP contribution >= 0.6 is 0 Å². The Bertz CT molecular complexity index is 340. The van der Waals surface area contributed by atoms with E-state index in [-0.39, 0.29) is 0 Å². The van der Waals surface area contributed by atoms with Crippen molar-refractivity contribution in [1.82, 2.24) is 14.8 Å². The Morgan fingerprint density at radius 2 is 2.00 bits per heavy atom. The summed E-state index contributed by atoms with van der Waals surface area (Å²) in [5, 5.41) is 8.62. The van der Waals surface area contributed by atoms with Crippen LogP contribution in [0.2, 0.25) is 0 Å². The van der Waals surface area contributed by atoms with Crippen molar-refractivity contribution in [3.8, 4) is 0 Å². The first-order chi connectivity index (χ1) is 6.90. The predicted octanol–water partition coefficient (Wildman–Crippen LogP) is 0.992. The van der Waals surface area contributed by atoms with Crippen LogP contribution in [0.1, 0.15) is 49.2 Å². The molecule has 1 aromatic rings. The maximum Gasteiger partial charge on any atom is 0.137 e. The maximum atomic E-state index is 5.74. The minimum atomic E-state index is 0.448. The minimum Gasteiger partial charge on any atom is -0.330 e. The lowest BCUT2D eigenvalue weighted by molar-refractivity contribution is 0.440. The van der Waals surface area contributed by atoms with Crippen LogP contribution in [0.15, 0.2) is 0 Å². The van der Waals surface area contributed by atoms with Crippen LogP contribution < -0.4 is 5.73 Å². The summed E-state index contributed by atoms with van der Waals surface area (Å²) in [7, 11) is 0. The van der Waals surface area contributed by atoms with Gasteiger partial charge >= 0.3 is 0 Å². The molecule has 0 radical (unpaired) electrons. The van der Waals surface area contributed by atoms with Gasteiger partial charge in [-0.05, 0) is 25.7 Å². The lowest BCUT2D eigenvalue weighted by Crippen LogP contribution is -2.23. The van der Waals surface area contributed by atoms with Crippen molar-refractivity contribution in [2.75, 3.05) is 6.54 Å². The van der Waals surface area contributed by atoms with E-state index < -0.39 is 0 Å². The first kappa shape index (κ1) is 8.41. The van der Waals surface area contributed by atoms with Crippen LogP contribution in [0, 0.1) is 0 Å². The quantitative estimate of drug-likeness (QED) is 0.760. The molecule has 1 aliphatic carbocycles. The fraction of sp³-hybridized carbons (Fsp3) is 0.800. The zero-order valence-electron chi connectivity index (χ0n) is 8.32. The van der Waals surface area contributed by atoms with Crippen LogP contribution in [-0.4, -0.2) is 21.3 Å². The highest BCUT2D eigenvalue weighted by molar-refractivity contribution is 5.12. The van der Waals surface area contributed by atoms with E-state index in [0.29, 0.717) is 18.4 Å². The SMILES string of the molecule is NCC1CCCn2c1nnc2C1CC1. The van der Waals surface area contributed by atoms with Crippen molar-refractivity contribution >= 4 is 0 Å². The van der Waals surface area contributed by atoms with Crippen molar-refractivity contribution in [3.05, 3.63) is 11.6 Å². The largest absolute Gasteiger partial charge is 0.330 e. The topological polar surface area (TPSA) is 56.7 Å². The summed E-state index contributed by atoms with van der Waals surface area (Å²) in [5.74, 6) is 3.51. The van der Waals surface area contributed by atoms with Gasteiger partial charge in [0, 0.05) is 24.9 Å². The number of nitrogens with zero attached hydrogens (tertiary/aromatic N) is 3. The van der Waals surface area contributed by atoms with Gasteiger partial charge in [-0.1, -0.05) is 0 Å². The van der Waals surface area contributed by atoms with Crippen LogP contribution in [0.3, 0.4) is 0 Å². The number of fused-ring (bicyclic) bond motifs is 1. The van der Waals surface area contributed by atoms with Gasteiger partial charge in [0.25, 0.3) is 0 Å². The number of nitrogens with two attached hydrogens (primary N) is 1. The van der Waals surface area contributed by atoms with E-state index >= 15 is 0 Å². The van der Waals surface area contributed by atoms with Crippen molar-refractivity contribution in [2.24, 2.45) is 5.73 Å². The van der Waals surface area contributed by atoms with E-state index in [4.69, 9.17) is 5.73 Å². The highest BCUT2D eigenvalue weighted by atomic mass is 15.3. The second-order valence-corrected chi connectivity index (χ2v) is 4.42. The minimum absolute atomic E-state index is 0.448. The van der Waals surface area contributed by atoms with E-state index in [1.54, 1.807) is 0 Å². The Balaban J connectivity index is 1.99. The monoisotopic (exact) mass is 192 g/mol. The third-order valence-corrected chi connectivity index (χ3v) is 3.33. The molecule has 0 amide bonds. The normalized spacial score (nSPS) is 26.2. The van der Waals surface area contributed by atoms with Crippen LogP contribution in [-0.2, 0) is 6.54 Å². The molecule has 4 heteroatoms. The molecule has 0 aromatic carbocycles. The molecule has 1 fully saturated rings. The molecular formula is C10H16N4. The predicted molar refractivity (Wildman–Crippen MR) is 53.0 cm³/mol. The average Bonchev–Trinajstić information content (AvgIpc) is 2.97. The molecule has 14 heavy (non-hydrogen) atoms. The van der Waals surface area contributed by atoms with Crippen molar-refractivity contribution in [2.45, 2.75) is 44.1 Å². The smallest absolute Gasteiger partial charge is 0.137 e. The fourth-order valence-corrected chi connectivity index (χ4v) is 2.35. The average molecular weight is 192 g/mol. The highest BCUT2D eigenvalue weighted by Gasteiger charge is 2.32. The summed E-state index contributed by atoms with van der Waals surface area (Å²) in [6.07, 6.45) is 5.00. The van der Waals surface area contributed by atoms with Crippen molar-refractivity contribution in [3.63, 3.8) is 0 Å². The molecule has 3 rings (SSSR count). The summed E-state index contributed by atoms with van der Waals surface area (Å²) in [6.45, 7) is 1.81. The van der Waals surface area contributed by atoms with Gasteiger partial charge < -0.3 is 10.3 Å². The summed E-state index contributed by atoms with van der Waals surface area (Å²) < 4.78 is 2.32. The Kier molecular flexibility index (Phi) is 1.83. The van der Waals surface area contributed by atoms with Crippen LogP contribution in [0.4, 0.5) is 0 Å². The van der Waals surface area contributed by atoms with Crippen molar-refractivity contribution in [1.29, 1.82) is 0 Å². The Hall–Kier alpha value is -0.900. The van der Waals surface area contributed by atoms with Crippen LogP contribution in [0.25, 0.3) is 0 Å². The fourth-order valence-electron chi connectivity index (χ4n) is 2.35. The Labute approximate surface area is 83.5 Å². The van der Waals surface area contributed by atoms with Gasteiger partial charge in [-0.15, -0.1) is 10.2 Å². The molecule has 1 unspecified atom stereocenters. The molecule has 4 nitrogen and oxygen atoms in total. The Morgan fingerprint density at radius 1 is 1.21 bits per heavy atom. The molecule has 0 bridgehead atoms. The zero-order chi connectivity index (χ0) is 9.54. The molecule has 1 aromatic heterocycles. The second kappa shape index (κ2) is 3.05. The van der Waals surface area contributed by atoms with Crippen molar-refractivity contribution < 1.29 is 0 Å². The molecule has 1 aliphatic heterocycles.